The van der Waals surface area contributed by atoms with E-state index in [0.29, 0.717) is 15.1 Å². The molecule has 1 unspecified atom stereocenters. The Morgan fingerprint density at radius 3 is 2.71 bits per heavy atom. The summed E-state index contributed by atoms with van der Waals surface area (Å²) in [7, 11) is -4.09. The molecule has 34 heavy (non-hydrogen) atoms. The lowest BCUT2D eigenvalue weighted by molar-refractivity contribution is -0.147. The number of carbonyl (C=O) groups excluding carboxylic acids is 1. The van der Waals surface area contributed by atoms with E-state index in [9.17, 15) is 23.1 Å². The molecular formula is C22H18ClN3O5S3. The van der Waals surface area contributed by atoms with Crippen molar-refractivity contribution in [3.63, 3.8) is 0 Å². The molecule has 8 nitrogen and oxygen atoms in total. The summed E-state index contributed by atoms with van der Waals surface area (Å²) >= 11 is 8.60. The van der Waals surface area contributed by atoms with Gasteiger partial charge in [0.1, 0.15) is 10.3 Å². The summed E-state index contributed by atoms with van der Waals surface area (Å²) in [6, 6.07) is 9.13. The summed E-state index contributed by atoms with van der Waals surface area (Å²) in [5, 5.41) is 11.6. The summed E-state index contributed by atoms with van der Waals surface area (Å²) in [5.74, 6) is -1.76. The lowest BCUT2D eigenvalue weighted by Gasteiger charge is -2.38. The first-order valence-electron chi connectivity index (χ1n) is 10.3. The van der Waals surface area contributed by atoms with Crippen LogP contribution in [0.5, 0.6) is 0 Å². The van der Waals surface area contributed by atoms with E-state index < -0.39 is 34.4 Å². The summed E-state index contributed by atoms with van der Waals surface area (Å²) in [5.41, 5.74) is 0. The van der Waals surface area contributed by atoms with Crippen LogP contribution in [0.1, 0.15) is 11.3 Å². The first kappa shape index (κ1) is 23.2. The second kappa shape index (κ2) is 8.90. The van der Waals surface area contributed by atoms with Gasteiger partial charge in [0.25, 0.3) is 10.0 Å². The molecule has 1 saturated heterocycles. The molecule has 0 aliphatic carbocycles. The van der Waals surface area contributed by atoms with Crippen molar-refractivity contribution in [1.82, 2.24) is 14.2 Å². The number of pyridine rings is 1. The number of carbonyl (C=O) groups is 2. The molecule has 0 saturated carbocycles. The molecule has 0 radical (unpaired) electrons. The van der Waals surface area contributed by atoms with Crippen LogP contribution in [-0.4, -0.2) is 58.7 Å². The van der Waals surface area contributed by atoms with Crippen LogP contribution in [0.4, 0.5) is 0 Å². The quantitative estimate of drug-likeness (QED) is 0.399. The minimum absolute atomic E-state index is 0.00741. The lowest BCUT2D eigenvalue weighted by atomic mass is 10.1. The SMILES string of the molecule is O=C(O)CC1C(=O)N(Cc2cc3cnccc3s2)CCN1S(=O)(=O)c1cc2ccc(Cl)cc2s1. The van der Waals surface area contributed by atoms with Crippen molar-refractivity contribution in [2.45, 2.75) is 23.2 Å². The number of carboxylic acids is 1. The normalized spacial score (nSPS) is 17.6. The van der Waals surface area contributed by atoms with Crippen LogP contribution in [0, 0.1) is 0 Å². The maximum Gasteiger partial charge on any atom is 0.305 e. The topological polar surface area (TPSA) is 108 Å². The molecule has 0 spiro atoms. The third-order valence-electron chi connectivity index (χ3n) is 5.64. The number of nitrogens with zero attached hydrogens (tertiary/aromatic N) is 3. The Bertz CT molecular complexity index is 1500. The Kier molecular flexibility index (Phi) is 6.07. The lowest BCUT2D eigenvalue weighted by Crippen LogP contribution is -2.58. The number of fused-ring (bicyclic) bond motifs is 2. The van der Waals surface area contributed by atoms with E-state index in [2.05, 4.69) is 4.98 Å². The van der Waals surface area contributed by atoms with E-state index in [1.54, 1.807) is 30.6 Å². The highest BCUT2D eigenvalue weighted by molar-refractivity contribution is 7.91. The first-order chi connectivity index (χ1) is 16.2. The number of sulfonamides is 1. The average Bonchev–Trinajstić information content (AvgIpc) is 3.39. The third-order valence-corrected chi connectivity index (χ3v) is 10.4. The summed E-state index contributed by atoms with van der Waals surface area (Å²) < 4.78 is 29.8. The van der Waals surface area contributed by atoms with Gasteiger partial charge in [-0.1, -0.05) is 17.7 Å². The van der Waals surface area contributed by atoms with E-state index in [-0.39, 0.29) is 23.8 Å². The molecule has 1 amide bonds. The summed E-state index contributed by atoms with van der Waals surface area (Å²) in [4.78, 5) is 31.4. The maximum absolute atomic E-state index is 13.5. The van der Waals surface area contributed by atoms with Crippen LogP contribution in [-0.2, 0) is 26.2 Å². The van der Waals surface area contributed by atoms with Gasteiger partial charge in [0, 0.05) is 50.2 Å². The summed E-state index contributed by atoms with van der Waals surface area (Å²) in [6.07, 6.45) is 2.83. The van der Waals surface area contributed by atoms with Gasteiger partial charge in [-0.15, -0.1) is 22.7 Å². The fourth-order valence-electron chi connectivity index (χ4n) is 4.05. The molecule has 1 aliphatic rings. The van der Waals surface area contributed by atoms with Gasteiger partial charge in [-0.3, -0.25) is 14.6 Å². The monoisotopic (exact) mass is 535 g/mol. The Morgan fingerprint density at radius 2 is 1.94 bits per heavy atom. The highest BCUT2D eigenvalue weighted by Gasteiger charge is 2.43. The zero-order valence-corrected chi connectivity index (χ0v) is 20.8. The number of hydrogen-bond acceptors (Lipinski definition) is 7. The fourth-order valence-corrected chi connectivity index (χ4v) is 8.47. The molecule has 12 heteroatoms. The Morgan fingerprint density at radius 1 is 1.12 bits per heavy atom. The predicted molar refractivity (Wildman–Crippen MR) is 132 cm³/mol. The van der Waals surface area contributed by atoms with Crippen molar-refractivity contribution in [3.05, 3.63) is 58.7 Å². The Labute approximate surface area is 208 Å². The minimum Gasteiger partial charge on any atom is -0.481 e. The van der Waals surface area contributed by atoms with E-state index in [1.165, 1.54) is 22.3 Å². The van der Waals surface area contributed by atoms with Gasteiger partial charge in [-0.25, -0.2) is 8.42 Å². The van der Waals surface area contributed by atoms with Gasteiger partial charge >= 0.3 is 5.97 Å². The van der Waals surface area contributed by atoms with Crippen LogP contribution in [0.3, 0.4) is 0 Å². The second-order valence-corrected chi connectivity index (χ2v) is 12.7. The Hall–Kier alpha value is -2.57. The number of piperazine rings is 1. The van der Waals surface area contributed by atoms with Crippen LogP contribution >= 0.6 is 34.3 Å². The number of aromatic nitrogens is 1. The van der Waals surface area contributed by atoms with Gasteiger partial charge in [0.05, 0.1) is 13.0 Å². The van der Waals surface area contributed by atoms with Crippen molar-refractivity contribution in [2.24, 2.45) is 0 Å². The molecule has 5 rings (SSSR count). The van der Waals surface area contributed by atoms with Gasteiger partial charge in [-0.2, -0.15) is 4.31 Å². The number of aliphatic carboxylic acids is 1. The largest absolute Gasteiger partial charge is 0.481 e. The smallest absolute Gasteiger partial charge is 0.305 e. The van der Waals surface area contributed by atoms with Crippen LogP contribution in [0.25, 0.3) is 20.2 Å². The highest BCUT2D eigenvalue weighted by Crippen LogP contribution is 2.35. The van der Waals surface area contributed by atoms with Crippen LogP contribution in [0.15, 0.2) is 53.0 Å². The van der Waals surface area contributed by atoms with E-state index in [4.69, 9.17) is 11.6 Å². The Balaban J connectivity index is 1.44. The first-order valence-corrected chi connectivity index (χ1v) is 13.7. The molecule has 1 N–H and O–H groups in total. The van der Waals surface area contributed by atoms with Crippen molar-refractivity contribution < 1.29 is 23.1 Å². The zero-order valence-electron chi connectivity index (χ0n) is 17.5. The van der Waals surface area contributed by atoms with Crippen LogP contribution in [0.2, 0.25) is 5.02 Å². The van der Waals surface area contributed by atoms with Crippen LogP contribution < -0.4 is 0 Å². The molecule has 1 fully saturated rings. The van der Waals surface area contributed by atoms with Gasteiger partial charge in [-0.05, 0) is 35.7 Å². The predicted octanol–water partition coefficient (Wildman–Crippen LogP) is 4.04. The molecular weight excluding hydrogens is 518 g/mol. The molecule has 176 valence electrons. The number of carboxylic acid groups (broad SMARTS) is 1. The third kappa shape index (κ3) is 4.29. The molecule has 4 heterocycles. The molecule has 1 aliphatic heterocycles. The van der Waals surface area contributed by atoms with Crippen molar-refractivity contribution in [3.8, 4) is 0 Å². The van der Waals surface area contributed by atoms with Gasteiger partial charge in [0.15, 0.2) is 0 Å². The van der Waals surface area contributed by atoms with E-state index >= 15 is 0 Å². The van der Waals surface area contributed by atoms with Crippen molar-refractivity contribution >= 4 is 76.3 Å². The number of benzene rings is 1. The number of rotatable bonds is 6. The number of hydrogen-bond donors (Lipinski definition) is 1. The number of amides is 1. The average molecular weight is 536 g/mol. The molecule has 4 aromatic rings. The molecule has 3 aromatic heterocycles. The summed E-state index contributed by atoms with van der Waals surface area (Å²) in [6.45, 7) is 0.453. The van der Waals surface area contributed by atoms with Crippen molar-refractivity contribution in [1.29, 1.82) is 0 Å². The van der Waals surface area contributed by atoms with Gasteiger partial charge in [0.2, 0.25) is 5.91 Å². The van der Waals surface area contributed by atoms with E-state index in [0.717, 1.165) is 30.6 Å². The number of halogens is 1. The van der Waals surface area contributed by atoms with Crippen molar-refractivity contribution in [2.75, 3.05) is 13.1 Å². The van der Waals surface area contributed by atoms with Gasteiger partial charge < -0.3 is 10.0 Å². The highest BCUT2D eigenvalue weighted by atomic mass is 35.5. The molecule has 1 aromatic carbocycles. The zero-order chi connectivity index (χ0) is 24.0. The number of thiophene rings is 2. The maximum atomic E-state index is 13.5. The fraction of sp³-hybridized carbons (Fsp3) is 0.227. The second-order valence-electron chi connectivity index (χ2n) is 7.86. The van der Waals surface area contributed by atoms with E-state index in [1.807, 2.05) is 12.1 Å². The minimum atomic E-state index is -4.09. The standard InChI is InChI=1S/C22H18ClN3O5S3/c23-15-2-1-13-8-21(33-19(13)9-15)34(30,31)26-6-5-25(22(29)17(26)10-20(27)28)12-16-7-14-11-24-4-3-18(14)32-16/h1-4,7-9,11,17H,5-6,10,12H2,(H,27,28). The molecule has 1 atom stereocenters. The molecule has 0 bridgehead atoms.